The first-order chi connectivity index (χ1) is 17.7. The van der Waals surface area contributed by atoms with Gasteiger partial charge in [0.25, 0.3) is 0 Å². The molecule has 5 rings (SSSR count). The molecule has 4 aromatic rings. The summed E-state index contributed by atoms with van der Waals surface area (Å²) in [6.45, 7) is 1.45. The van der Waals surface area contributed by atoms with Gasteiger partial charge in [-0.25, -0.2) is 0 Å². The molecule has 0 saturated carbocycles. The average Bonchev–Trinajstić information content (AvgIpc) is 3.44. The minimum atomic E-state index is -0.518. The summed E-state index contributed by atoms with van der Waals surface area (Å²) < 4.78 is 0. The fourth-order valence-electron chi connectivity index (χ4n) is 5.63. The van der Waals surface area contributed by atoms with Crippen molar-refractivity contribution in [3.63, 3.8) is 0 Å². The van der Waals surface area contributed by atoms with E-state index in [1.165, 1.54) is 27.8 Å². The highest BCUT2D eigenvalue weighted by molar-refractivity contribution is 5.78. The minimum absolute atomic E-state index is 0.0500. The van der Waals surface area contributed by atoms with Crippen molar-refractivity contribution in [2.75, 3.05) is 0 Å². The molecule has 1 unspecified atom stereocenters. The second-order valence-electron chi connectivity index (χ2n) is 9.37. The van der Waals surface area contributed by atoms with E-state index >= 15 is 0 Å². The largest absolute Gasteiger partial charge is 0.326 e. The lowest BCUT2D eigenvalue weighted by Gasteiger charge is -2.42. The van der Waals surface area contributed by atoms with Crippen molar-refractivity contribution in [2.24, 2.45) is 23.1 Å². The first-order valence-electron chi connectivity index (χ1n) is 12.5. The molecule has 3 heteroatoms. The Morgan fingerprint density at radius 2 is 1.03 bits per heavy atom. The summed E-state index contributed by atoms with van der Waals surface area (Å²) in [5.41, 5.74) is 27.3. The molecular formula is C33H33N3. The maximum Gasteiger partial charge on any atom is 0.0554 e. The molecule has 4 aromatic carbocycles. The Morgan fingerprint density at radius 3 is 1.47 bits per heavy atom. The van der Waals surface area contributed by atoms with Crippen molar-refractivity contribution in [1.29, 1.82) is 0 Å². The van der Waals surface area contributed by atoms with Crippen LogP contribution in [0.1, 0.15) is 38.9 Å². The molecule has 0 saturated heterocycles. The monoisotopic (exact) mass is 471 g/mol. The van der Waals surface area contributed by atoms with Gasteiger partial charge < -0.3 is 17.2 Å². The maximum absolute atomic E-state index is 6.14. The molecule has 0 amide bonds. The van der Waals surface area contributed by atoms with Crippen LogP contribution in [-0.4, -0.2) is 0 Å². The van der Waals surface area contributed by atoms with Crippen LogP contribution in [0.4, 0.5) is 0 Å². The summed E-state index contributed by atoms with van der Waals surface area (Å²) in [6.07, 6.45) is 6.77. The molecular weight excluding hydrogens is 438 g/mol. The van der Waals surface area contributed by atoms with Crippen LogP contribution in [0.3, 0.4) is 0 Å². The summed E-state index contributed by atoms with van der Waals surface area (Å²) >= 11 is 0. The van der Waals surface area contributed by atoms with E-state index in [1.807, 2.05) is 0 Å². The van der Waals surface area contributed by atoms with Gasteiger partial charge in [0.15, 0.2) is 0 Å². The van der Waals surface area contributed by atoms with Gasteiger partial charge in [-0.3, -0.25) is 0 Å². The van der Waals surface area contributed by atoms with E-state index in [-0.39, 0.29) is 5.92 Å². The van der Waals surface area contributed by atoms with Crippen LogP contribution >= 0.6 is 0 Å². The average molecular weight is 472 g/mol. The molecule has 3 nitrogen and oxygen atoms in total. The van der Waals surface area contributed by atoms with Crippen LogP contribution in [0.5, 0.6) is 0 Å². The quantitative estimate of drug-likeness (QED) is 0.290. The number of nitrogens with two attached hydrogens (primary N) is 3. The Labute approximate surface area is 214 Å². The third kappa shape index (κ3) is 4.22. The first kappa shape index (κ1) is 24.0. The SMILES string of the molecule is NCc1cccc(C(c2cccc(CN)c2)(c2cccc(CN)c2)C2C=CC=C2c2ccccc2)c1. The van der Waals surface area contributed by atoms with Gasteiger partial charge in [-0.15, -0.1) is 0 Å². The topological polar surface area (TPSA) is 78.1 Å². The molecule has 1 atom stereocenters. The zero-order chi connectivity index (χ0) is 25.0. The molecule has 0 heterocycles. The smallest absolute Gasteiger partial charge is 0.0554 e. The third-order valence-electron chi connectivity index (χ3n) is 7.34. The number of benzene rings is 4. The van der Waals surface area contributed by atoms with E-state index in [2.05, 4.69) is 121 Å². The maximum atomic E-state index is 6.14. The van der Waals surface area contributed by atoms with E-state index in [0.29, 0.717) is 19.6 Å². The lowest BCUT2D eigenvalue weighted by Crippen LogP contribution is -2.38. The fourth-order valence-corrected chi connectivity index (χ4v) is 5.63. The standard InChI is InChI=1S/C33H33N3/c34-21-24-8-4-13-28(18-24)33(29-14-5-9-25(19-29)22-35,30-15-6-10-26(20-30)23-36)32-17-7-16-31(32)27-11-2-1-3-12-27/h1-20,32H,21-23,34-36H2. The van der Waals surface area contributed by atoms with Gasteiger partial charge in [0.2, 0.25) is 0 Å². The van der Waals surface area contributed by atoms with Crippen LogP contribution in [0.2, 0.25) is 0 Å². The summed E-state index contributed by atoms with van der Waals surface area (Å²) in [7, 11) is 0. The molecule has 0 aliphatic heterocycles. The Morgan fingerprint density at radius 1 is 0.556 bits per heavy atom. The van der Waals surface area contributed by atoms with Gasteiger partial charge in [-0.2, -0.15) is 0 Å². The van der Waals surface area contributed by atoms with Crippen LogP contribution in [0.25, 0.3) is 5.57 Å². The van der Waals surface area contributed by atoms with Gasteiger partial charge in [-0.1, -0.05) is 121 Å². The summed E-state index contributed by atoms with van der Waals surface area (Å²) in [5, 5.41) is 0. The zero-order valence-corrected chi connectivity index (χ0v) is 20.5. The van der Waals surface area contributed by atoms with E-state index < -0.39 is 5.41 Å². The number of rotatable bonds is 8. The minimum Gasteiger partial charge on any atom is -0.326 e. The second-order valence-corrected chi connectivity index (χ2v) is 9.37. The third-order valence-corrected chi connectivity index (χ3v) is 7.34. The van der Waals surface area contributed by atoms with Crippen LogP contribution in [0, 0.1) is 5.92 Å². The molecule has 0 bridgehead atoms. The lowest BCUT2D eigenvalue weighted by molar-refractivity contribution is 0.537. The first-order valence-corrected chi connectivity index (χ1v) is 12.5. The van der Waals surface area contributed by atoms with Crippen molar-refractivity contribution in [3.8, 4) is 0 Å². The van der Waals surface area contributed by atoms with Crippen LogP contribution in [-0.2, 0) is 25.0 Å². The van der Waals surface area contributed by atoms with Gasteiger partial charge >= 0.3 is 0 Å². The molecule has 0 spiro atoms. The molecule has 6 N–H and O–H groups in total. The van der Waals surface area contributed by atoms with Crippen molar-refractivity contribution < 1.29 is 0 Å². The van der Waals surface area contributed by atoms with E-state index in [4.69, 9.17) is 17.2 Å². The van der Waals surface area contributed by atoms with Crippen LogP contribution < -0.4 is 17.2 Å². The summed E-state index contributed by atoms with van der Waals surface area (Å²) in [6, 6.07) is 36.8. The van der Waals surface area contributed by atoms with Gasteiger partial charge in [0.1, 0.15) is 0 Å². The molecule has 0 radical (unpaired) electrons. The van der Waals surface area contributed by atoms with Gasteiger partial charge in [0.05, 0.1) is 5.41 Å². The highest BCUT2D eigenvalue weighted by Gasteiger charge is 2.45. The molecule has 36 heavy (non-hydrogen) atoms. The number of allylic oxidation sites excluding steroid dienone is 4. The van der Waals surface area contributed by atoms with E-state index in [0.717, 1.165) is 16.7 Å². The zero-order valence-electron chi connectivity index (χ0n) is 20.5. The van der Waals surface area contributed by atoms with E-state index in [1.54, 1.807) is 0 Å². The summed E-state index contributed by atoms with van der Waals surface area (Å²) in [4.78, 5) is 0. The molecule has 1 aliphatic carbocycles. The Kier molecular flexibility index (Phi) is 6.97. The highest BCUT2D eigenvalue weighted by Crippen LogP contribution is 2.52. The van der Waals surface area contributed by atoms with Gasteiger partial charge in [-0.05, 0) is 44.5 Å². The predicted octanol–water partition coefficient (Wildman–Crippen LogP) is 5.67. The second kappa shape index (κ2) is 10.5. The van der Waals surface area contributed by atoms with Crippen LogP contribution in [0.15, 0.2) is 121 Å². The van der Waals surface area contributed by atoms with Crippen molar-refractivity contribution in [3.05, 3.63) is 160 Å². The predicted molar refractivity (Wildman–Crippen MR) is 150 cm³/mol. The molecule has 1 aliphatic rings. The Balaban J connectivity index is 1.88. The highest BCUT2D eigenvalue weighted by atomic mass is 14.5. The fraction of sp³-hybridized carbons (Fsp3) is 0.152. The normalized spacial score (nSPS) is 15.2. The number of hydrogen-bond acceptors (Lipinski definition) is 3. The summed E-state index contributed by atoms with van der Waals surface area (Å²) in [5.74, 6) is 0.0500. The van der Waals surface area contributed by atoms with Gasteiger partial charge in [0, 0.05) is 25.6 Å². The van der Waals surface area contributed by atoms with Crippen molar-refractivity contribution >= 4 is 5.57 Å². The molecule has 0 aromatic heterocycles. The Hall–Kier alpha value is -3.76. The number of hydrogen-bond donors (Lipinski definition) is 3. The molecule has 0 fully saturated rings. The Bertz CT molecular complexity index is 1290. The van der Waals surface area contributed by atoms with E-state index in [9.17, 15) is 0 Å². The van der Waals surface area contributed by atoms with Crippen molar-refractivity contribution in [1.82, 2.24) is 0 Å². The lowest BCUT2D eigenvalue weighted by atomic mass is 9.59. The molecule has 180 valence electrons. The van der Waals surface area contributed by atoms with Crippen molar-refractivity contribution in [2.45, 2.75) is 25.0 Å².